The van der Waals surface area contributed by atoms with Crippen LogP contribution >= 0.6 is 22.6 Å². The molecule has 2 atom stereocenters. The highest BCUT2D eigenvalue weighted by Crippen LogP contribution is 2.29. The number of oxazole rings is 1. The monoisotopic (exact) mass is 814 g/mol. The Morgan fingerprint density at radius 1 is 1.13 bits per heavy atom. The molecule has 14 heteroatoms. The van der Waals surface area contributed by atoms with E-state index in [1.165, 1.54) is 11.9 Å². The van der Waals surface area contributed by atoms with Crippen LogP contribution in [0.5, 0.6) is 0 Å². The fraction of sp³-hybridized carbons (Fsp3) is 0.342. The number of nitrogens with zero attached hydrogens (tertiary/aromatic N) is 6. The Labute approximate surface area is 316 Å². The summed E-state index contributed by atoms with van der Waals surface area (Å²) >= 11 is 2.25. The molecule has 1 saturated heterocycles. The standard InChI is InChI=1S/C38H43IN10O3/c1-4-49(32-12-10-29(40)35(46-32)34(41)27-9-11-31-30(19-27)45-37(52-31)23(2)39)38(51)28-13-16-47(20-28)21-33(50)48-17-14-25(15-18-48)24-5-7-26(8-6-24)36(42)44-22-43-3/h5-12,14,19,22-23,28,41H,4,13,15-18,20-21,40H2,1-3H3,(H2,42,43,44)/t23?,28-/m1/s1. The lowest BCUT2D eigenvalue weighted by Crippen LogP contribution is -2.42. The molecule has 0 aliphatic carbocycles. The van der Waals surface area contributed by atoms with E-state index in [-0.39, 0.29) is 39.7 Å². The first-order chi connectivity index (χ1) is 25.1. The van der Waals surface area contributed by atoms with E-state index in [1.54, 1.807) is 42.3 Å². The van der Waals surface area contributed by atoms with Gasteiger partial charge in [-0.3, -0.25) is 30.2 Å². The molecular weight excluding hydrogens is 771 g/mol. The van der Waals surface area contributed by atoms with E-state index in [0.29, 0.717) is 78.9 Å². The first-order valence-corrected chi connectivity index (χ1v) is 18.6. The van der Waals surface area contributed by atoms with Crippen LogP contribution in [0.4, 0.5) is 11.5 Å². The van der Waals surface area contributed by atoms with Crippen LogP contribution in [0.3, 0.4) is 0 Å². The molecule has 6 rings (SSSR count). The zero-order valence-corrected chi connectivity index (χ0v) is 31.7. The first kappa shape index (κ1) is 36.8. The number of nitrogen functional groups attached to an aromatic ring is 1. The Balaban J connectivity index is 1.05. The summed E-state index contributed by atoms with van der Waals surface area (Å²) in [4.78, 5) is 46.1. The predicted molar refractivity (Wildman–Crippen MR) is 214 cm³/mol. The number of hydrogen-bond donors (Lipinski definition) is 4. The zero-order chi connectivity index (χ0) is 36.9. The van der Waals surface area contributed by atoms with Crippen molar-refractivity contribution in [3.05, 3.63) is 88.9 Å². The molecule has 1 fully saturated rings. The SMILES string of the molecule is CCN(C(=O)[C@@H]1CCN(CC(=O)N2CC=C(c3ccc(C(=N)/N=C\NC)cc3)CC2)C1)c1ccc(N)c(C(=N)c2ccc3oc(C(C)I)nc3c2)n1. The van der Waals surface area contributed by atoms with Crippen molar-refractivity contribution in [1.29, 1.82) is 10.8 Å². The molecule has 2 aromatic carbocycles. The van der Waals surface area contributed by atoms with Gasteiger partial charge in [-0.05, 0) is 74.7 Å². The van der Waals surface area contributed by atoms with E-state index in [4.69, 9.17) is 26.0 Å². The van der Waals surface area contributed by atoms with Crippen LogP contribution in [-0.2, 0) is 9.59 Å². The topological polar surface area (TPSA) is 181 Å². The quantitative estimate of drug-likeness (QED) is 0.0683. The summed E-state index contributed by atoms with van der Waals surface area (Å²) in [6, 6.07) is 16.6. The highest BCUT2D eigenvalue weighted by Gasteiger charge is 2.34. The number of halogens is 1. The van der Waals surface area contributed by atoms with Crippen molar-refractivity contribution in [2.24, 2.45) is 10.9 Å². The lowest BCUT2D eigenvalue weighted by molar-refractivity contribution is -0.132. The van der Waals surface area contributed by atoms with E-state index in [1.807, 2.05) is 43.0 Å². The fourth-order valence-electron chi connectivity index (χ4n) is 6.54. The average molecular weight is 815 g/mol. The maximum atomic E-state index is 13.9. The van der Waals surface area contributed by atoms with Gasteiger partial charge in [-0.25, -0.2) is 15.0 Å². The van der Waals surface area contributed by atoms with Gasteiger partial charge in [0.05, 0.1) is 34.1 Å². The molecule has 2 aliphatic rings. The third-order valence-corrected chi connectivity index (χ3v) is 9.97. The molecule has 1 unspecified atom stereocenters. The minimum absolute atomic E-state index is 0.0501. The number of aromatic nitrogens is 2. The number of benzene rings is 2. The van der Waals surface area contributed by atoms with Gasteiger partial charge < -0.3 is 20.4 Å². The van der Waals surface area contributed by atoms with Crippen molar-refractivity contribution >= 4 is 80.5 Å². The van der Waals surface area contributed by atoms with E-state index in [9.17, 15) is 9.59 Å². The Morgan fingerprint density at radius 2 is 1.90 bits per heavy atom. The Bertz CT molecular complexity index is 2060. The highest BCUT2D eigenvalue weighted by atomic mass is 127. The number of anilines is 2. The molecular formula is C38H43IN10O3. The van der Waals surface area contributed by atoms with Crippen LogP contribution < -0.4 is 16.0 Å². The van der Waals surface area contributed by atoms with E-state index in [0.717, 1.165) is 17.5 Å². The number of aliphatic imine (C=N–C) groups is 1. The molecule has 4 aromatic rings. The third kappa shape index (κ3) is 8.07. The van der Waals surface area contributed by atoms with Gasteiger partial charge in [-0.15, -0.1) is 0 Å². The maximum Gasteiger partial charge on any atom is 0.237 e. The van der Waals surface area contributed by atoms with E-state index >= 15 is 0 Å². The number of amidine groups is 1. The molecule has 2 aromatic heterocycles. The predicted octanol–water partition coefficient (Wildman–Crippen LogP) is 5.28. The summed E-state index contributed by atoms with van der Waals surface area (Å²) in [5.74, 6) is 0.963. The second-order valence-corrected chi connectivity index (χ2v) is 14.8. The van der Waals surface area contributed by atoms with Gasteiger partial charge in [0.15, 0.2) is 11.4 Å². The van der Waals surface area contributed by atoms with Gasteiger partial charge in [-0.2, -0.15) is 0 Å². The summed E-state index contributed by atoms with van der Waals surface area (Å²) in [6.07, 6.45) is 4.97. The second-order valence-electron chi connectivity index (χ2n) is 12.9. The number of amides is 2. The summed E-state index contributed by atoms with van der Waals surface area (Å²) in [5, 5.41) is 19.8. The van der Waals surface area contributed by atoms with Gasteiger partial charge in [0.2, 0.25) is 17.7 Å². The Hall–Kier alpha value is -4.96. The van der Waals surface area contributed by atoms with Crippen LogP contribution in [-0.4, -0.2) is 95.8 Å². The smallest absolute Gasteiger partial charge is 0.237 e. The van der Waals surface area contributed by atoms with Crippen LogP contribution in [0, 0.1) is 16.7 Å². The van der Waals surface area contributed by atoms with Gasteiger partial charge in [-0.1, -0.05) is 52.9 Å². The van der Waals surface area contributed by atoms with Crippen molar-refractivity contribution < 1.29 is 14.0 Å². The second kappa shape index (κ2) is 16.2. The molecule has 270 valence electrons. The van der Waals surface area contributed by atoms with Crippen LogP contribution in [0.15, 0.2) is 70.1 Å². The third-order valence-electron chi connectivity index (χ3n) is 9.43. The van der Waals surface area contributed by atoms with Gasteiger partial charge in [0.25, 0.3) is 0 Å². The minimum atomic E-state index is -0.277. The fourth-order valence-corrected chi connectivity index (χ4v) is 6.81. The number of fused-ring (bicyclic) bond motifs is 1. The molecule has 0 radical (unpaired) electrons. The van der Waals surface area contributed by atoms with Crippen molar-refractivity contribution in [2.75, 3.05) is 56.9 Å². The number of carbonyl (C=O) groups excluding carboxylic acids is 2. The number of likely N-dealkylation sites (tertiary alicyclic amines) is 1. The number of alkyl halides is 1. The molecule has 13 nitrogen and oxygen atoms in total. The van der Waals surface area contributed by atoms with Crippen LogP contribution in [0.1, 0.15) is 58.9 Å². The average Bonchev–Trinajstić information content (AvgIpc) is 3.82. The molecule has 52 heavy (non-hydrogen) atoms. The van der Waals surface area contributed by atoms with Gasteiger partial charge in [0, 0.05) is 44.4 Å². The summed E-state index contributed by atoms with van der Waals surface area (Å²) in [7, 11) is 1.74. The number of carbonyl (C=O) groups is 2. The molecule has 0 saturated carbocycles. The molecule has 5 N–H and O–H groups in total. The Kier molecular flexibility index (Phi) is 11.4. The zero-order valence-electron chi connectivity index (χ0n) is 29.5. The molecule has 2 amide bonds. The molecule has 4 heterocycles. The normalized spacial score (nSPS) is 17.0. The largest absolute Gasteiger partial charge is 0.440 e. The summed E-state index contributed by atoms with van der Waals surface area (Å²) in [5.41, 5.74) is 12.0. The number of nitrogens with one attached hydrogen (secondary N) is 3. The van der Waals surface area contributed by atoms with Crippen LogP contribution in [0.25, 0.3) is 16.7 Å². The number of nitrogens with two attached hydrogens (primary N) is 1. The minimum Gasteiger partial charge on any atom is -0.440 e. The highest BCUT2D eigenvalue weighted by molar-refractivity contribution is 14.1. The maximum absolute atomic E-state index is 13.9. The van der Waals surface area contributed by atoms with E-state index in [2.05, 4.69) is 48.9 Å². The van der Waals surface area contributed by atoms with E-state index < -0.39 is 0 Å². The van der Waals surface area contributed by atoms with Crippen molar-refractivity contribution in [3.63, 3.8) is 0 Å². The van der Waals surface area contributed by atoms with Gasteiger partial charge >= 0.3 is 0 Å². The first-order valence-electron chi connectivity index (χ1n) is 17.4. The van der Waals surface area contributed by atoms with Gasteiger partial charge in [0.1, 0.15) is 17.0 Å². The lowest BCUT2D eigenvalue weighted by Gasteiger charge is -2.29. The number of pyridine rings is 1. The molecule has 0 bridgehead atoms. The van der Waals surface area contributed by atoms with Crippen LogP contribution in [0.2, 0.25) is 0 Å². The molecule has 2 aliphatic heterocycles. The van der Waals surface area contributed by atoms with Crippen molar-refractivity contribution in [2.45, 2.75) is 30.6 Å². The van der Waals surface area contributed by atoms with Crippen molar-refractivity contribution in [1.82, 2.24) is 25.1 Å². The summed E-state index contributed by atoms with van der Waals surface area (Å²) in [6.45, 7) is 6.86. The summed E-state index contributed by atoms with van der Waals surface area (Å²) < 4.78 is 5.93. The number of rotatable bonds is 11. The van der Waals surface area contributed by atoms with Crippen molar-refractivity contribution in [3.8, 4) is 0 Å². The Morgan fingerprint density at radius 3 is 2.60 bits per heavy atom. The molecule has 0 spiro atoms. The lowest BCUT2D eigenvalue weighted by atomic mass is 9.98. The number of hydrogen-bond acceptors (Lipinski definition) is 9.